The van der Waals surface area contributed by atoms with Crippen LogP contribution in [0.3, 0.4) is 0 Å². The number of nitrogens with one attached hydrogen (secondary N) is 1. The minimum absolute atomic E-state index is 0.107. The van der Waals surface area contributed by atoms with E-state index in [1.165, 1.54) is 12.8 Å². The predicted octanol–water partition coefficient (Wildman–Crippen LogP) is 0.491. The molecule has 2 aliphatic heterocycles. The first-order chi connectivity index (χ1) is 9.33. The lowest BCUT2D eigenvalue weighted by atomic mass is 10.4. The summed E-state index contributed by atoms with van der Waals surface area (Å²) in [5.41, 5.74) is 0.457. The Morgan fingerprint density at radius 3 is 2.95 bits per heavy atom. The molecule has 0 aromatic carbocycles. The largest absolute Gasteiger partial charge is 0.478 e. The molecule has 3 heterocycles. The molecule has 6 heteroatoms. The van der Waals surface area contributed by atoms with Crippen LogP contribution in [-0.4, -0.2) is 53.4 Å². The fraction of sp³-hybridized carbons (Fsp3) is 0.692. The molecule has 2 aliphatic rings. The van der Waals surface area contributed by atoms with Crippen molar-refractivity contribution in [2.45, 2.75) is 25.8 Å². The van der Waals surface area contributed by atoms with E-state index in [1.54, 1.807) is 10.7 Å². The van der Waals surface area contributed by atoms with E-state index >= 15 is 0 Å². The maximum absolute atomic E-state index is 12.0. The zero-order valence-corrected chi connectivity index (χ0v) is 11.1. The van der Waals surface area contributed by atoms with E-state index in [9.17, 15) is 4.79 Å². The average molecular weight is 264 g/mol. The molecule has 0 atom stereocenters. The highest BCUT2D eigenvalue weighted by Gasteiger charge is 2.18. The van der Waals surface area contributed by atoms with Crippen molar-refractivity contribution in [3.05, 3.63) is 11.8 Å². The Bertz CT molecular complexity index is 428. The molecule has 0 unspecified atom stereocenters. The number of amides is 1. The third-order valence-corrected chi connectivity index (χ3v) is 3.65. The van der Waals surface area contributed by atoms with Crippen molar-refractivity contribution in [1.29, 1.82) is 0 Å². The summed E-state index contributed by atoms with van der Waals surface area (Å²) in [6.07, 6.45) is 3.50. The van der Waals surface area contributed by atoms with E-state index in [-0.39, 0.29) is 5.91 Å². The van der Waals surface area contributed by atoms with Crippen molar-refractivity contribution < 1.29 is 9.53 Å². The number of rotatable bonds is 4. The van der Waals surface area contributed by atoms with E-state index in [0.29, 0.717) is 24.7 Å². The van der Waals surface area contributed by atoms with Crippen molar-refractivity contribution in [2.75, 3.05) is 32.8 Å². The number of carbonyl (C=O) groups excluding carboxylic acids is 1. The first-order valence-corrected chi connectivity index (χ1v) is 7.04. The normalized spacial score (nSPS) is 18.9. The van der Waals surface area contributed by atoms with Crippen LogP contribution >= 0.6 is 0 Å². The molecule has 1 amide bonds. The number of aryl methyl sites for hydroxylation is 1. The van der Waals surface area contributed by atoms with Gasteiger partial charge >= 0.3 is 0 Å². The van der Waals surface area contributed by atoms with Crippen LogP contribution in [0.15, 0.2) is 6.07 Å². The maximum atomic E-state index is 12.0. The van der Waals surface area contributed by atoms with Crippen LogP contribution < -0.4 is 10.1 Å². The molecule has 1 fully saturated rings. The lowest BCUT2D eigenvalue weighted by Gasteiger charge is -2.14. The fourth-order valence-electron chi connectivity index (χ4n) is 2.60. The summed E-state index contributed by atoms with van der Waals surface area (Å²) in [5.74, 6) is 0.598. The first kappa shape index (κ1) is 12.5. The van der Waals surface area contributed by atoms with Gasteiger partial charge in [0.25, 0.3) is 5.91 Å². The monoisotopic (exact) mass is 264 g/mol. The molecule has 0 bridgehead atoms. The quantitative estimate of drug-likeness (QED) is 0.860. The Kier molecular flexibility index (Phi) is 3.68. The number of fused-ring (bicyclic) bond motifs is 1. The predicted molar refractivity (Wildman–Crippen MR) is 70.3 cm³/mol. The minimum atomic E-state index is -0.107. The molecule has 6 nitrogen and oxygen atoms in total. The number of hydrogen-bond donors (Lipinski definition) is 1. The van der Waals surface area contributed by atoms with Crippen LogP contribution in [0.2, 0.25) is 0 Å². The second-order valence-corrected chi connectivity index (χ2v) is 5.10. The van der Waals surface area contributed by atoms with Gasteiger partial charge in [-0.3, -0.25) is 4.79 Å². The summed E-state index contributed by atoms with van der Waals surface area (Å²) >= 11 is 0. The van der Waals surface area contributed by atoms with Crippen molar-refractivity contribution in [3.63, 3.8) is 0 Å². The Morgan fingerprint density at radius 2 is 2.16 bits per heavy atom. The molecule has 0 aliphatic carbocycles. The average Bonchev–Trinajstić information content (AvgIpc) is 3.07. The number of ether oxygens (including phenoxy) is 1. The smallest absolute Gasteiger partial charge is 0.271 e. The zero-order chi connectivity index (χ0) is 13.1. The molecule has 0 radical (unpaired) electrons. The number of likely N-dealkylation sites (tertiary alicyclic amines) is 1. The Labute approximate surface area is 112 Å². The molecule has 0 saturated carbocycles. The molecule has 3 rings (SSSR count). The molecule has 19 heavy (non-hydrogen) atoms. The van der Waals surface area contributed by atoms with Crippen LogP contribution in [0.1, 0.15) is 29.8 Å². The molecule has 1 aromatic rings. The summed E-state index contributed by atoms with van der Waals surface area (Å²) in [5, 5.41) is 7.19. The summed E-state index contributed by atoms with van der Waals surface area (Å²) in [6, 6.07) is 1.73. The summed E-state index contributed by atoms with van der Waals surface area (Å²) in [6.45, 7) is 5.46. The highest BCUT2D eigenvalue weighted by Crippen LogP contribution is 2.18. The Hall–Kier alpha value is -1.56. The summed E-state index contributed by atoms with van der Waals surface area (Å²) < 4.78 is 7.22. The van der Waals surface area contributed by atoms with Gasteiger partial charge in [-0.2, -0.15) is 5.10 Å². The Balaban J connectivity index is 1.50. The van der Waals surface area contributed by atoms with E-state index in [4.69, 9.17) is 4.74 Å². The number of nitrogens with zero attached hydrogens (tertiary/aromatic N) is 3. The van der Waals surface area contributed by atoms with Crippen LogP contribution in [0, 0.1) is 0 Å². The molecule has 0 spiro atoms. The second kappa shape index (κ2) is 5.61. The van der Waals surface area contributed by atoms with Gasteiger partial charge in [0.15, 0.2) is 5.69 Å². The second-order valence-electron chi connectivity index (χ2n) is 5.10. The van der Waals surface area contributed by atoms with Gasteiger partial charge in [-0.1, -0.05) is 0 Å². The highest BCUT2D eigenvalue weighted by molar-refractivity contribution is 5.92. The molecule has 1 N–H and O–H groups in total. The van der Waals surface area contributed by atoms with E-state index in [0.717, 1.165) is 32.6 Å². The topological polar surface area (TPSA) is 59.4 Å². The Morgan fingerprint density at radius 1 is 1.32 bits per heavy atom. The standard InChI is InChI=1S/C13H20N4O2/c18-13(14-4-8-16-5-1-2-6-16)11-10-12-17(15-11)7-3-9-19-12/h10H,1-9H2,(H,14,18). The lowest BCUT2D eigenvalue weighted by molar-refractivity contribution is 0.0944. The van der Waals surface area contributed by atoms with Crippen molar-refractivity contribution >= 4 is 5.91 Å². The number of aromatic nitrogens is 2. The van der Waals surface area contributed by atoms with Crippen LogP contribution in [0.25, 0.3) is 0 Å². The van der Waals surface area contributed by atoms with Crippen LogP contribution in [0.5, 0.6) is 5.88 Å². The third-order valence-electron chi connectivity index (χ3n) is 3.65. The third kappa shape index (κ3) is 2.89. The first-order valence-electron chi connectivity index (χ1n) is 7.04. The number of hydrogen-bond acceptors (Lipinski definition) is 4. The zero-order valence-electron chi connectivity index (χ0n) is 11.1. The SMILES string of the molecule is O=C(NCCN1CCCC1)c1cc2n(n1)CCCO2. The van der Waals surface area contributed by atoms with Gasteiger partial charge in [-0.05, 0) is 25.9 Å². The summed E-state index contributed by atoms with van der Waals surface area (Å²) in [7, 11) is 0. The highest BCUT2D eigenvalue weighted by atomic mass is 16.5. The fourth-order valence-corrected chi connectivity index (χ4v) is 2.60. The molecule has 1 saturated heterocycles. The van der Waals surface area contributed by atoms with Crippen LogP contribution in [0.4, 0.5) is 0 Å². The van der Waals surface area contributed by atoms with Gasteiger partial charge in [-0.25, -0.2) is 4.68 Å². The number of carbonyl (C=O) groups is 1. The maximum Gasteiger partial charge on any atom is 0.271 e. The van der Waals surface area contributed by atoms with Gasteiger partial charge in [0, 0.05) is 32.1 Å². The lowest BCUT2D eigenvalue weighted by Crippen LogP contribution is -2.33. The minimum Gasteiger partial charge on any atom is -0.478 e. The van der Waals surface area contributed by atoms with Crippen LogP contribution in [-0.2, 0) is 6.54 Å². The van der Waals surface area contributed by atoms with E-state index in [1.807, 2.05) is 0 Å². The van der Waals surface area contributed by atoms with E-state index < -0.39 is 0 Å². The van der Waals surface area contributed by atoms with E-state index in [2.05, 4.69) is 15.3 Å². The van der Waals surface area contributed by atoms with Crippen molar-refractivity contribution in [1.82, 2.24) is 20.0 Å². The van der Waals surface area contributed by atoms with Gasteiger partial charge in [0.2, 0.25) is 5.88 Å². The molecular formula is C13H20N4O2. The summed E-state index contributed by atoms with van der Waals surface area (Å²) in [4.78, 5) is 14.4. The molecule has 104 valence electrons. The van der Waals surface area contributed by atoms with Gasteiger partial charge in [0.1, 0.15) is 0 Å². The molecule has 1 aromatic heterocycles. The van der Waals surface area contributed by atoms with Crippen molar-refractivity contribution in [2.24, 2.45) is 0 Å². The van der Waals surface area contributed by atoms with Crippen molar-refractivity contribution in [3.8, 4) is 5.88 Å². The van der Waals surface area contributed by atoms with Gasteiger partial charge in [-0.15, -0.1) is 0 Å². The molecular weight excluding hydrogens is 244 g/mol. The van der Waals surface area contributed by atoms with Gasteiger partial charge < -0.3 is 15.0 Å². The van der Waals surface area contributed by atoms with Gasteiger partial charge in [0.05, 0.1) is 6.61 Å².